The molecule has 0 aromatic heterocycles. The van der Waals surface area contributed by atoms with Gasteiger partial charge in [0.25, 0.3) is 0 Å². The van der Waals surface area contributed by atoms with Crippen LogP contribution in [0.5, 0.6) is 0 Å². The van der Waals surface area contributed by atoms with E-state index >= 15 is 0 Å². The van der Waals surface area contributed by atoms with Crippen molar-refractivity contribution < 1.29 is 0 Å². The van der Waals surface area contributed by atoms with Gasteiger partial charge >= 0.3 is 0 Å². The van der Waals surface area contributed by atoms with Gasteiger partial charge in [0.15, 0.2) is 0 Å². The van der Waals surface area contributed by atoms with Crippen molar-refractivity contribution in [3.63, 3.8) is 0 Å². The van der Waals surface area contributed by atoms with Gasteiger partial charge in [-0.25, -0.2) is 0 Å². The quantitative estimate of drug-likeness (QED) is 0.843. The summed E-state index contributed by atoms with van der Waals surface area (Å²) in [4.78, 5) is 2.61. The highest BCUT2D eigenvalue weighted by atomic mass is 15.1. The van der Waals surface area contributed by atoms with Crippen LogP contribution in [0.2, 0.25) is 0 Å². The molecule has 1 N–H and O–H groups in total. The highest BCUT2D eigenvalue weighted by Crippen LogP contribution is 2.39. The van der Waals surface area contributed by atoms with Crippen LogP contribution in [-0.2, 0) is 0 Å². The minimum Gasteiger partial charge on any atom is -0.316 e. The van der Waals surface area contributed by atoms with Gasteiger partial charge in [0.05, 0.1) is 0 Å². The molecule has 20 heavy (non-hydrogen) atoms. The van der Waals surface area contributed by atoms with E-state index in [1.165, 1.54) is 64.7 Å². The van der Waals surface area contributed by atoms with Crippen LogP contribution in [-0.4, -0.2) is 38.1 Å². The van der Waals surface area contributed by atoms with Crippen LogP contribution in [0.4, 0.5) is 0 Å². The number of nitrogens with zero attached hydrogens (tertiary/aromatic N) is 1. The Kier molecular flexibility index (Phi) is 5.92. The average Bonchev–Trinajstić information content (AvgIpc) is 2.39. The Morgan fingerprint density at radius 3 is 2.15 bits per heavy atom. The van der Waals surface area contributed by atoms with Gasteiger partial charge in [0.1, 0.15) is 0 Å². The summed E-state index contributed by atoms with van der Waals surface area (Å²) in [7, 11) is 2.34. The second-order valence-corrected chi connectivity index (χ2v) is 8.52. The molecule has 1 aliphatic heterocycles. The van der Waals surface area contributed by atoms with E-state index in [0.29, 0.717) is 5.41 Å². The lowest BCUT2D eigenvalue weighted by Crippen LogP contribution is -2.39. The number of nitrogens with one attached hydrogen (secondary N) is 1. The van der Waals surface area contributed by atoms with Gasteiger partial charge in [0, 0.05) is 13.1 Å². The summed E-state index contributed by atoms with van der Waals surface area (Å²) in [5, 5.41) is 3.54. The molecule has 1 heterocycles. The second kappa shape index (κ2) is 7.26. The molecular formula is C18H36N2. The first-order chi connectivity index (χ1) is 9.45. The van der Waals surface area contributed by atoms with E-state index in [-0.39, 0.29) is 0 Å². The number of piperidine rings is 1. The summed E-state index contributed by atoms with van der Waals surface area (Å²) < 4.78 is 0. The smallest absolute Gasteiger partial charge is 0.00189 e. The van der Waals surface area contributed by atoms with Gasteiger partial charge in [-0.3, -0.25) is 0 Å². The van der Waals surface area contributed by atoms with Gasteiger partial charge in [-0.15, -0.1) is 0 Å². The molecule has 2 heteroatoms. The van der Waals surface area contributed by atoms with Crippen LogP contribution in [0.1, 0.15) is 59.3 Å². The van der Waals surface area contributed by atoms with Crippen molar-refractivity contribution in [3.8, 4) is 0 Å². The lowest BCUT2D eigenvalue weighted by molar-refractivity contribution is 0.125. The first-order valence-corrected chi connectivity index (χ1v) is 8.84. The van der Waals surface area contributed by atoms with E-state index in [1.807, 2.05) is 0 Å². The summed E-state index contributed by atoms with van der Waals surface area (Å²) in [5.41, 5.74) is 0.518. The van der Waals surface area contributed by atoms with Crippen molar-refractivity contribution in [1.82, 2.24) is 10.2 Å². The van der Waals surface area contributed by atoms with Gasteiger partial charge in [0.2, 0.25) is 0 Å². The van der Waals surface area contributed by atoms with Gasteiger partial charge < -0.3 is 10.2 Å². The molecule has 1 aliphatic carbocycles. The van der Waals surface area contributed by atoms with Gasteiger partial charge in [-0.2, -0.15) is 0 Å². The molecule has 0 spiro atoms. The first-order valence-electron chi connectivity index (χ1n) is 8.84. The van der Waals surface area contributed by atoms with E-state index in [1.54, 1.807) is 0 Å². The van der Waals surface area contributed by atoms with E-state index in [4.69, 9.17) is 0 Å². The van der Waals surface area contributed by atoms with E-state index in [0.717, 1.165) is 17.8 Å². The minimum absolute atomic E-state index is 0.518. The Morgan fingerprint density at radius 1 is 0.950 bits per heavy atom. The van der Waals surface area contributed by atoms with Crippen LogP contribution >= 0.6 is 0 Å². The SMILES string of the molecule is CN(CC1CCC(C(C)(C)C)CC1)CC1CCCNC1. The van der Waals surface area contributed by atoms with Crippen LogP contribution in [0.15, 0.2) is 0 Å². The number of hydrogen-bond acceptors (Lipinski definition) is 2. The second-order valence-electron chi connectivity index (χ2n) is 8.52. The van der Waals surface area contributed by atoms with Crippen molar-refractivity contribution in [3.05, 3.63) is 0 Å². The molecular weight excluding hydrogens is 244 g/mol. The standard InChI is InChI=1S/C18H36N2/c1-18(2,3)17-9-7-15(8-10-17)13-20(4)14-16-6-5-11-19-12-16/h15-17,19H,5-14H2,1-4H3. The molecule has 0 aromatic rings. The van der Waals surface area contributed by atoms with Gasteiger partial charge in [-0.1, -0.05) is 20.8 Å². The first kappa shape index (κ1) is 16.3. The molecule has 0 radical (unpaired) electrons. The molecule has 0 aromatic carbocycles. The maximum atomic E-state index is 3.54. The number of hydrogen-bond donors (Lipinski definition) is 1. The van der Waals surface area contributed by atoms with Crippen LogP contribution in [0, 0.1) is 23.2 Å². The van der Waals surface area contributed by atoms with Crippen LogP contribution < -0.4 is 5.32 Å². The molecule has 2 fully saturated rings. The maximum absolute atomic E-state index is 3.54. The highest BCUT2D eigenvalue weighted by Gasteiger charge is 2.30. The van der Waals surface area contributed by atoms with E-state index in [2.05, 4.69) is 38.0 Å². The Bertz CT molecular complexity index is 268. The molecule has 1 atom stereocenters. The summed E-state index contributed by atoms with van der Waals surface area (Å²) in [6.07, 6.45) is 8.60. The molecule has 118 valence electrons. The molecule has 0 bridgehead atoms. The lowest BCUT2D eigenvalue weighted by atomic mass is 9.70. The molecule has 1 saturated carbocycles. The van der Waals surface area contributed by atoms with E-state index in [9.17, 15) is 0 Å². The zero-order valence-corrected chi connectivity index (χ0v) is 14.3. The third-order valence-corrected chi connectivity index (χ3v) is 5.61. The summed E-state index contributed by atoms with van der Waals surface area (Å²) in [5.74, 6) is 2.79. The monoisotopic (exact) mass is 280 g/mol. The molecule has 2 aliphatic rings. The zero-order valence-electron chi connectivity index (χ0n) is 14.3. The third-order valence-electron chi connectivity index (χ3n) is 5.61. The average molecular weight is 280 g/mol. The molecule has 0 amide bonds. The van der Waals surface area contributed by atoms with Crippen molar-refractivity contribution in [2.45, 2.75) is 59.3 Å². The Labute approximate surface area is 126 Å². The van der Waals surface area contributed by atoms with Crippen LogP contribution in [0.3, 0.4) is 0 Å². The topological polar surface area (TPSA) is 15.3 Å². The lowest BCUT2D eigenvalue weighted by Gasteiger charge is -2.38. The van der Waals surface area contributed by atoms with Crippen molar-refractivity contribution in [2.75, 3.05) is 33.2 Å². The molecule has 1 unspecified atom stereocenters. The van der Waals surface area contributed by atoms with Crippen LogP contribution in [0.25, 0.3) is 0 Å². The van der Waals surface area contributed by atoms with Gasteiger partial charge in [-0.05, 0) is 81.8 Å². The molecule has 2 rings (SSSR count). The summed E-state index contributed by atoms with van der Waals surface area (Å²) in [6, 6.07) is 0. The molecule has 1 saturated heterocycles. The summed E-state index contributed by atoms with van der Waals surface area (Å²) in [6.45, 7) is 12.3. The Morgan fingerprint density at radius 2 is 1.60 bits per heavy atom. The molecule has 2 nitrogen and oxygen atoms in total. The fourth-order valence-electron chi connectivity index (χ4n) is 4.25. The third kappa shape index (κ3) is 5.04. The minimum atomic E-state index is 0.518. The fourth-order valence-corrected chi connectivity index (χ4v) is 4.25. The normalized spacial score (nSPS) is 32.5. The number of rotatable bonds is 4. The Balaban J connectivity index is 1.66. The highest BCUT2D eigenvalue weighted by molar-refractivity contribution is 4.82. The van der Waals surface area contributed by atoms with Crippen molar-refractivity contribution in [2.24, 2.45) is 23.2 Å². The van der Waals surface area contributed by atoms with E-state index < -0.39 is 0 Å². The summed E-state index contributed by atoms with van der Waals surface area (Å²) >= 11 is 0. The largest absolute Gasteiger partial charge is 0.316 e. The predicted octanol–water partition coefficient (Wildman–Crippen LogP) is 3.77. The zero-order chi connectivity index (χ0) is 14.6. The predicted molar refractivity (Wildman–Crippen MR) is 88.0 cm³/mol. The Hall–Kier alpha value is -0.0800. The maximum Gasteiger partial charge on any atom is 0.00189 e. The van der Waals surface area contributed by atoms with Crippen molar-refractivity contribution in [1.29, 1.82) is 0 Å². The van der Waals surface area contributed by atoms with Crippen molar-refractivity contribution >= 4 is 0 Å². The fraction of sp³-hybridized carbons (Fsp3) is 1.00.